The van der Waals surface area contributed by atoms with Gasteiger partial charge in [-0.05, 0) is 50.5 Å². The molecular weight excluding hydrogens is 330 g/mol. The molecule has 136 valence electrons. The SMILES string of the molecule is C/C(=N\NC(=O)c1ccoc1C)c1ccc(NC(=O)C2CCCC2)cc1. The molecule has 1 saturated carbocycles. The number of hydrogen-bond donors (Lipinski definition) is 2. The summed E-state index contributed by atoms with van der Waals surface area (Å²) in [6.07, 6.45) is 5.70. The largest absolute Gasteiger partial charge is 0.469 e. The molecule has 2 N–H and O–H groups in total. The highest BCUT2D eigenvalue weighted by atomic mass is 16.3. The second kappa shape index (κ2) is 7.99. The smallest absolute Gasteiger partial charge is 0.274 e. The zero-order valence-corrected chi connectivity index (χ0v) is 15.0. The van der Waals surface area contributed by atoms with Crippen molar-refractivity contribution in [1.82, 2.24) is 5.43 Å². The summed E-state index contributed by atoms with van der Waals surface area (Å²) in [4.78, 5) is 24.2. The number of nitrogens with one attached hydrogen (secondary N) is 2. The van der Waals surface area contributed by atoms with Gasteiger partial charge < -0.3 is 9.73 Å². The average Bonchev–Trinajstić information content (AvgIpc) is 3.31. The highest BCUT2D eigenvalue weighted by molar-refractivity contribution is 6.01. The summed E-state index contributed by atoms with van der Waals surface area (Å²) < 4.78 is 5.11. The summed E-state index contributed by atoms with van der Waals surface area (Å²) in [5, 5.41) is 7.10. The van der Waals surface area contributed by atoms with Gasteiger partial charge in [0.25, 0.3) is 5.91 Å². The molecule has 1 aliphatic rings. The van der Waals surface area contributed by atoms with Gasteiger partial charge in [0, 0.05) is 11.6 Å². The van der Waals surface area contributed by atoms with Gasteiger partial charge in [-0.15, -0.1) is 0 Å². The Kier molecular flexibility index (Phi) is 5.51. The van der Waals surface area contributed by atoms with Crippen LogP contribution in [-0.2, 0) is 4.79 Å². The van der Waals surface area contributed by atoms with Gasteiger partial charge in [-0.1, -0.05) is 25.0 Å². The lowest BCUT2D eigenvalue weighted by molar-refractivity contribution is -0.119. The molecule has 1 aromatic heterocycles. The van der Waals surface area contributed by atoms with Gasteiger partial charge >= 0.3 is 0 Å². The van der Waals surface area contributed by atoms with E-state index < -0.39 is 0 Å². The maximum atomic E-state index is 12.2. The minimum Gasteiger partial charge on any atom is -0.469 e. The van der Waals surface area contributed by atoms with E-state index in [2.05, 4.69) is 15.8 Å². The van der Waals surface area contributed by atoms with Crippen molar-refractivity contribution in [3.8, 4) is 0 Å². The molecule has 0 saturated heterocycles. The van der Waals surface area contributed by atoms with Crippen LogP contribution in [0, 0.1) is 12.8 Å². The van der Waals surface area contributed by atoms with E-state index >= 15 is 0 Å². The van der Waals surface area contributed by atoms with Crippen molar-refractivity contribution in [2.45, 2.75) is 39.5 Å². The number of rotatable bonds is 5. The molecule has 6 heteroatoms. The van der Waals surface area contributed by atoms with Crippen LogP contribution in [-0.4, -0.2) is 17.5 Å². The summed E-state index contributed by atoms with van der Waals surface area (Å²) in [5.74, 6) is 0.483. The number of carbonyl (C=O) groups is 2. The fraction of sp³-hybridized carbons (Fsp3) is 0.350. The molecule has 6 nitrogen and oxygen atoms in total. The number of benzene rings is 1. The van der Waals surface area contributed by atoms with Gasteiger partial charge in [0.05, 0.1) is 17.5 Å². The Morgan fingerprint density at radius 3 is 2.42 bits per heavy atom. The van der Waals surface area contributed by atoms with E-state index in [1.807, 2.05) is 31.2 Å². The van der Waals surface area contributed by atoms with Crippen molar-refractivity contribution in [2.75, 3.05) is 5.32 Å². The molecule has 1 heterocycles. The maximum Gasteiger partial charge on any atom is 0.274 e. The third-order valence-electron chi connectivity index (χ3n) is 4.72. The first kappa shape index (κ1) is 17.9. The highest BCUT2D eigenvalue weighted by Gasteiger charge is 2.22. The predicted molar refractivity (Wildman–Crippen MR) is 100 cm³/mol. The van der Waals surface area contributed by atoms with Crippen LogP contribution in [0.2, 0.25) is 0 Å². The number of anilines is 1. The lowest BCUT2D eigenvalue weighted by atomic mass is 10.1. The second-order valence-electron chi connectivity index (χ2n) is 6.58. The van der Waals surface area contributed by atoms with Crippen molar-refractivity contribution < 1.29 is 14.0 Å². The number of aryl methyl sites for hydroxylation is 1. The molecule has 2 amide bonds. The number of furan rings is 1. The van der Waals surface area contributed by atoms with Crippen LogP contribution in [0.25, 0.3) is 0 Å². The first-order chi connectivity index (χ1) is 12.5. The van der Waals surface area contributed by atoms with Crippen LogP contribution < -0.4 is 10.7 Å². The van der Waals surface area contributed by atoms with Crippen molar-refractivity contribution in [1.29, 1.82) is 0 Å². The lowest BCUT2D eigenvalue weighted by Crippen LogP contribution is -2.20. The molecule has 1 aromatic carbocycles. The van der Waals surface area contributed by atoms with E-state index in [9.17, 15) is 9.59 Å². The fourth-order valence-corrected chi connectivity index (χ4v) is 3.11. The van der Waals surface area contributed by atoms with E-state index in [4.69, 9.17) is 4.42 Å². The molecule has 1 fully saturated rings. The van der Waals surface area contributed by atoms with E-state index in [0.717, 1.165) is 36.9 Å². The Bertz CT molecular complexity index is 815. The molecule has 3 rings (SSSR count). The lowest BCUT2D eigenvalue weighted by Gasteiger charge is -2.11. The average molecular weight is 353 g/mol. The van der Waals surface area contributed by atoms with Crippen molar-refractivity contribution in [3.05, 3.63) is 53.5 Å². The maximum absolute atomic E-state index is 12.2. The van der Waals surface area contributed by atoms with Gasteiger partial charge in [0.1, 0.15) is 5.76 Å². The Morgan fingerprint density at radius 2 is 1.81 bits per heavy atom. The van der Waals surface area contributed by atoms with Crippen molar-refractivity contribution in [2.24, 2.45) is 11.0 Å². The van der Waals surface area contributed by atoms with Gasteiger partial charge in [0.15, 0.2) is 0 Å². The number of carbonyl (C=O) groups excluding carboxylic acids is 2. The summed E-state index contributed by atoms with van der Waals surface area (Å²) in [5.41, 5.74) is 5.31. The third-order valence-corrected chi connectivity index (χ3v) is 4.72. The quantitative estimate of drug-likeness (QED) is 0.632. The van der Waals surface area contributed by atoms with Gasteiger partial charge in [-0.25, -0.2) is 5.43 Å². The molecule has 0 aliphatic heterocycles. The number of amides is 2. The van der Waals surface area contributed by atoms with Crippen LogP contribution in [0.15, 0.2) is 46.1 Å². The van der Waals surface area contributed by atoms with Crippen LogP contribution in [0.1, 0.15) is 54.3 Å². The normalized spacial score (nSPS) is 15.1. The Hall–Kier alpha value is -2.89. The second-order valence-corrected chi connectivity index (χ2v) is 6.58. The van der Waals surface area contributed by atoms with Crippen LogP contribution in [0.3, 0.4) is 0 Å². The third kappa shape index (κ3) is 4.20. The molecule has 0 unspecified atom stereocenters. The van der Waals surface area contributed by atoms with Gasteiger partial charge in [0.2, 0.25) is 5.91 Å². The Balaban J connectivity index is 1.59. The molecule has 1 aliphatic carbocycles. The van der Waals surface area contributed by atoms with E-state index in [-0.39, 0.29) is 17.7 Å². The van der Waals surface area contributed by atoms with E-state index in [1.165, 1.54) is 6.26 Å². The summed E-state index contributed by atoms with van der Waals surface area (Å²) in [6.45, 7) is 3.54. The minimum absolute atomic E-state index is 0.100. The van der Waals surface area contributed by atoms with Crippen molar-refractivity contribution >= 4 is 23.2 Å². The van der Waals surface area contributed by atoms with E-state index in [0.29, 0.717) is 17.0 Å². The van der Waals surface area contributed by atoms with E-state index in [1.54, 1.807) is 13.0 Å². The van der Waals surface area contributed by atoms with Crippen LogP contribution in [0.5, 0.6) is 0 Å². The molecule has 26 heavy (non-hydrogen) atoms. The first-order valence-corrected chi connectivity index (χ1v) is 8.84. The van der Waals surface area contributed by atoms with Gasteiger partial charge in [-0.2, -0.15) is 5.10 Å². The first-order valence-electron chi connectivity index (χ1n) is 8.84. The number of nitrogens with zero attached hydrogens (tertiary/aromatic N) is 1. The van der Waals surface area contributed by atoms with Gasteiger partial charge in [-0.3, -0.25) is 9.59 Å². The Labute approximate surface area is 152 Å². The molecule has 0 bridgehead atoms. The zero-order chi connectivity index (χ0) is 18.5. The fourth-order valence-electron chi connectivity index (χ4n) is 3.11. The minimum atomic E-state index is -0.309. The standard InChI is InChI=1S/C20H23N3O3/c1-13(22-23-20(25)18-11-12-26-14(18)2)15-7-9-17(10-8-15)21-19(24)16-5-3-4-6-16/h7-12,16H,3-6H2,1-2H3,(H,21,24)(H,23,25)/b22-13+. The molecule has 2 aromatic rings. The Morgan fingerprint density at radius 1 is 1.12 bits per heavy atom. The van der Waals surface area contributed by atoms with Crippen LogP contribution >= 0.6 is 0 Å². The summed E-state index contributed by atoms with van der Waals surface area (Å²) >= 11 is 0. The summed E-state index contributed by atoms with van der Waals surface area (Å²) in [6, 6.07) is 9.06. The molecule has 0 atom stereocenters. The monoisotopic (exact) mass is 353 g/mol. The molecule has 0 radical (unpaired) electrons. The van der Waals surface area contributed by atoms with Crippen LogP contribution in [0.4, 0.5) is 5.69 Å². The molecule has 0 spiro atoms. The highest BCUT2D eigenvalue weighted by Crippen LogP contribution is 2.26. The predicted octanol–water partition coefficient (Wildman–Crippen LogP) is 3.87. The number of hydrazone groups is 1. The molecular formula is C20H23N3O3. The van der Waals surface area contributed by atoms with Crippen molar-refractivity contribution in [3.63, 3.8) is 0 Å². The zero-order valence-electron chi connectivity index (χ0n) is 15.0. The summed E-state index contributed by atoms with van der Waals surface area (Å²) in [7, 11) is 0. The topological polar surface area (TPSA) is 83.7 Å². The number of hydrogen-bond acceptors (Lipinski definition) is 4.